The highest BCUT2D eigenvalue weighted by Crippen LogP contribution is 2.27. The Balaban J connectivity index is 1.88. The minimum absolute atomic E-state index is 0.201. The monoisotopic (exact) mass is 350 g/mol. The number of benzene rings is 2. The van der Waals surface area contributed by atoms with Crippen LogP contribution in [0.1, 0.15) is 12.5 Å². The van der Waals surface area contributed by atoms with Gasteiger partial charge in [-0.2, -0.15) is 10.1 Å². The number of rotatable bonds is 5. The molecule has 0 radical (unpaired) electrons. The first kappa shape index (κ1) is 17.4. The summed E-state index contributed by atoms with van der Waals surface area (Å²) < 4.78 is 10.1. The van der Waals surface area contributed by atoms with Crippen LogP contribution in [0.3, 0.4) is 0 Å². The molecule has 0 saturated carbocycles. The van der Waals surface area contributed by atoms with E-state index in [1.54, 1.807) is 25.1 Å². The number of carbonyl (C=O) groups excluding carboxylic acids is 2. The highest BCUT2D eigenvalue weighted by Gasteiger charge is 2.28. The van der Waals surface area contributed by atoms with Gasteiger partial charge in [-0.3, -0.25) is 4.79 Å². The minimum Gasteiger partial charge on any atom is -0.481 e. The second-order valence-electron chi connectivity index (χ2n) is 5.60. The fourth-order valence-corrected chi connectivity index (χ4v) is 2.51. The van der Waals surface area contributed by atoms with Crippen molar-refractivity contribution in [3.8, 4) is 5.75 Å². The summed E-state index contributed by atoms with van der Waals surface area (Å²) in [5.41, 5.74) is 2.48. The van der Waals surface area contributed by atoms with Gasteiger partial charge in [-0.05, 0) is 31.2 Å². The van der Waals surface area contributed by atoms with Crippen molar-refractivity contribution in [2.75, 3.05) is 18.7 Å². The Hall–Kier alpha value is -3.41. The van der Waals surface area contributed by atoms with Crippen molar-refractivity contribution in [2.24, 2.45) is 5.10 Å². The van der Waals surface area contributed by atoms with Crippen molar-refractivity contribution in [1.29, 1.82) is 0 Å². The van der Waals surface area contributed by atoms with Crippen molar-refractivity contribution in [1.82, 2.24) is 0 Å². The van der Waals surface area contributed by atoms with Crippen LogP contribution in [0.25, 0.3) is 6.08 Å². The second-order valence-corrected chi connectivity index (χ2v) is 5.60. The molecule has 6 nitrogen and oxygen atoms in total. The second kappa shape index (κ2) is 7.65. The molecule has 1 aliphatic rings. The summed E-state index contributed by atoms with van der Waals surface area (Å²) in [6, 6.07) is 16.4. The molecule has 0 saturated heterocycles. The van der Waals surface area contributed by atoms with Crippen LogP contribution < -0.4 is 9.75 Å². The van der Waals surface area contributed by atoms with E-state index in [1.807, 2.05) is 42.5 Å². The highest BCUT2D eigenvalue weighted by atomic mass is 16.6. The maximum absolute atomic E-state index is 12.8. The normalized spacial score (nSPS) is 15.2. The molecule has 0 atom stereocenters. The van der Waals surface area contributed by atoms with Crippen molar-refractivity contribution >= 4 is 29.4 Å². The third-order valence-corrected chi connectivity index (χ3v) is 3.86. The number of hydrogen-bond acceptors (Lipinski definition) is 5. The fraction of sp³-hybridized carbons (Fsp3) is 0.150. The lowest BCUT2D eigenvalue weighted by molar-refractivity contribution is -0.142. The zero-order valence-electron chi connectivity index (χ0n) is 14.5. The summed E-state index contributed by atoms with van der Waals surface area (Å²) in [5, 5.41) is 5.73. The van der Waals surface area contributed by atoms with Crippen molar-refractivity contribution in [3.63, 3.8) is 0 Å². The summed E-state index contributed by atoms with van der Waals surface area (Å²) in [6.45, 7) is 1.58. The van der Waals surface area contributed by atoms with E-state index >= 15 is 0 Å². The number of methoxy groups -OCH3 is 1. The Labute approximate surface area is 151 Å². The zero-order chi connectivity index (χ0) is 18.5. The topological polar surface area (TPSA) is 68.2 Å². The molecule has 0 aliphatic carbocycles. The van der Waals surface area contributed by atoms with E-state index in [9.17, 15) is 9.59 Å². The van der Waals surface area contributed by atoms with Crippen LogP contribution in [0.4, 0.5) is 5.69 Å². The Morgan fingerprint density at radius 3 is 2.54 bits per heavy atom. The van der Waals surface area contributed by atoms with Gasteiger partial charge in [0.15, 0.2) is 6.61 Å². The van der Waals surface area contributed by atoms with Gasteiger partial charge in [0.25, 0.3) is 5.91 Å². The third-order valence-electron chi connectivity index (χ3n) is 3.86. The van der Waals surface area contributed by atoms with Gasteiger partial charge in [-0.25, -0.2) is 4.79 Å². The van der Waals surface area contributed by atoms with Gasteiger partial charge in [-0.1, -0.05) is 36.4 Å². The molecule has 1 heterocycles. The smallest absolute Gasteiger partial charge is 0.343 e. The summed E-state index contributed by atoms with van der Waals surface area (Å²) in [7, 11) is 1.30. The van der Waals surface area contributed by atoms with Crippen molar-refractivity contribution in [3.05, 3.63) is 65.7 Å². The average molecular weight is 350 g/mol. The van der Waals surface area contributed by atoms with Gasteiger partial charge in [-0.15, -0.1) is 0 Å². The maximum Gasteiger partial charge on any atom is 0.343 e. The minimum atomic E-state index is -0.475. The van der Waals surface area contributed by atoms with E-state index < -0.39 is 5.97 Å². The van der Waals surface area contributed by atoms with Gasteiger partial charge >= 0.3 is 5.97 Å². The molecular formula is C20H18N2O4. The van der Waals surface area contributed by atoms with Crippen LogP contribution in [-0.2, 0) is 14.3 Å². The number of hydrogen-bond donors (Lipinski definition) is 0. The van der Waals surface area contributed by atoms with Gasteiger partial charge in [0.2, 0.25) is 0 Å². The van der Waals surface area contributed by atoms with Gasteiger partial charge < -0.3 is 9.47 Å². The summed E-state index contributed by atoms with van der Waals surface area (Å²) in [5.74, 6) is -0.196. The van der Waals surface area contributed by atoms with Gasteiger partial charge in [0.1, 0.15) is 5.75 Å². The lowest BCUT2D eigenvalue weighted by Crippen LogP contribution is -2.21. The standard InChI is InChI=1S/C20H18N2O4/c1-14-17(20(24)22(21-14)16-9-4-3-5-10-16)12-15-8-6-7-11-18(15)26-13-19(23)25-2/h3-12H,13H2,1-2H3/b17-12+. The van der Waals surface area contributed by atoms with Crippen LogP contribution in [-0.4, -0.2) is 31.3 Å². The fourth-order valence-electron chi connectivity index (χ4n) is 2.51. The lowest BCUT2D eigenvalue weighted by Gasteiger charge is -2.11. The quantitative estimate of drug-likeness (QED) is 0.614. The molecule has 0 spiro atoms. The predicted octanol–water partition coefficient (Wildman–Crippen LogP) is 3.04. The van der Waals surface area contributed by atoms with E-state index in [2.05, 4.69) is 9.84 Å². The molecule has 26 heavy (non-hydrogen) atoms. The Morgan fingerprint density at radius 1 is 1.12 bits per heavy atom. The average Bonchev–Trinajstić information content (AvgIpc) is 2.96. The summed E-state index contributed by atoms with van der Waals surface area (Å²) in [4.78, 5) is 24.1. The molecule has 0 N–H and O–H groups in total. The zero-order valence-corrected chi connectivity index (χ0v) is 14.5. The number of nitrogens with zero attached hydrogens (tertiary/aromatic N) is 2. The molecule has 2 aromatic carbocycles. The molecule has 2 aromatic rings. The van der Waals surface area contributed by atoms with Crippen LogP contribution in [0.2, 0.25) is 0 Å². The van der Waals surface area contributed by atoms with Crippen LogP contribution in [0.5, 0.6) is 5.75 Å². The highest BCUT2D eigenvalue weighted by molar-refractivity contribution is 6.32. The number of anilines is 1. The van der Waals surface area contributed by atoms with Crippen LogP contribution in [0.15, 0.2) is 65.3 Å². The van der Waals surface area contributed by atoms with E-state index in [0.717, 1.165) is 0 Å². The van der Waals surface area contributed by atoms with E-state index in [4.69, 9.17) is 4.74 Å². The largest absolute Gasteiger partial charge is 0.481 e. The summed E-state index contributed by atoms with van der Waals surface area (Å²) >= 11 is 0. The Kier molecular flexibility index (Phi) is 5.12. The van der Waals surface area contributed by atoms with Crippen molar-refractivity contribution in [2.45, 2.75) is 6.92 Å². The lowest BCUT2D eigenvalue weighted by atomic mass is 10.1. The van der Waals surface area contributed by atoms with E-state index in [-0.39, 0.29) is 12.5 Å². The van der Waals surface area contributed by atoms with E-state index in [0.29, 0.717) is 28.3 Å². The van der Waals surface area contributed by atoms with E-state index in [1.165, 1.54) is 12.1 Å². The first-order valence-corrected chi connectivity index (χ1v) is 8.05. The number of para-hydroxylation sites is 2. The molecule has 0 fully saturated rings. The molecule has 132 valence electrons. The third kappa shape index (κ3) is 3.64. The number of esters is 1. The van der Waals surface area contributed by atoms with Gasteiger partial charge in [0.05, 0.1) is 24.1 Å². The number of amides is 1. The first-order chi connectivity index (χ1) is 12.6. The SMILES string of the molecule is COC(=O)COc1ccccc1/C=C1/C(=O)N(c2ccccc2)N=C1C. The first-order valence-electron chi connectivity index (χ1n) is 8.05. The summed E-state index contributed by atoms with van der Waals surface area (Å²) in [6.07, 6.45) is 1.72. The molecule has 0 unspecified atom stereocenters. The molecular weight excluding hydrogens is 332 g/mol. The Morgan fingerprint density at radius 2 is 1.81 bits per heavy atom. The van der Waals surface area contributed by atoms with Crippen LogP contribution in [0, 0.1) is 0 Å². The number of hydrazone groups is 1. The number of carbonyl (C=O) groups is 2. The van der Waals surface area contributed by atoms with Gasteiger partial charge in [0, 0.05) is 5.56 Å². The van der Waals surface area contributed by atoms with Crippen LogP contribution >= 0.6 is 0 Å². The number of ether oxygens (including phenoxy) is 2. The predicted molar refractivity (Wildman–Crippen MR) is 99.0 cm³/mol. The Bertz CT molecular complexity index is 888. The molecule has 0 aromatic heterocycles. The molecule has 6 heteroatoms. The van der Waals surface area contributed by atoms with Crippen molar-refractivity contribution < 1.29 is 19.1 Å². The molecule has 3 rings (SSSR count). The maximum atomic E-state index is 12.8. The molecule has 1 amide bonds. The molecule has 1 aliphatic heterocycles. The molecule has 0 bridgehead atoms.